The molecule has 1 aliphatic heterocycles. The number of piperidine rings is 1. The highest BCUT2D eigenvalue weighted by Gasteiger charge is 2.48. The summed E-state index contributed by atoms with van der Waals surface area (Å²) in [5.41, 5.74) is 0. The standard InChI is InChI=1S/C14H18ClN3O5S2/c1-18-8-6-14(7-9-18,24-17-21)12(13(19)20)16-25(22,23)11-5-3-2-4-10(11)15/h2-5,12,16H,6-9H2,1H3,(H,19,20). The monoisotopic (exact) mass is 407 g/mol. The van der Waals surface area contributed by atoms with Gasteiger partial charge in [-0.2, -0.15) is 4.72 Å². The molecule has 0 amide bonds. The molecule has 1 saturated heterocycles. The maximum atomic E-state index is 12.6. The highest BCUT2D eigenvalue weighted by Crippen LogP contribution is 2.40. The molecule has 1 aromatic rings. The number of nitrogens with one attached hydrogen (secondary N) is 1. The van der Waals surface area contributed by atoms with E-state index < -0.39 is 26.8 Å². The molecule has 138 valence electrons. The molecule has 0 saturated carbocycles. The molecule has 0 bridgehead atoms. The van der Waals surface area contributed by atoms with Crippen molar-refractivity contribution in [3.63, 3.8) is 0 Å². The number of nitroso groups, excluding NO2 is 1. The van der Waals surface area contributed by atoms with E-state index in [9.17, 15) is 23.2 Å². The Balaban J connectivity index is 2.38. The number of rotatable bonds is 7. The van der Waals surface area contributed by atoms with Crippen molar-refractivity contribution in [2.24, 2.45) is 4.58 Å². The molecule has 1 aromatic carbocycles. The number of hydrogen-bond acceptors (Lipinski definition) is 7. The second kappa shape index (κ2) is 8.00. The molecule has 8 nitrogen and oxygen atoms in total. The summed E-state index contributed by atoms with van der Waals surface area (Å²) in [5.74, 6) is -1.36. The van der Waals surface area contributed by atoms with Gasteiger partial charge in [-0.25, -0.2) is 8.42 Å². The fourth-order valence-electron chi connectivity index (χ4n) is 2.77. The van der Waals surface area contributed by atoms with Crippen LogP contribution in [0.2, 0.25) is 5.02 Å². The quantitative estimate of drug-likeness (QED) is 0.524. The summed E-state index contributed by atoms with van der Waals surface area (Å²) in [6.45, 7) is 1.06. The third-order valence-corrected chi connectivity index (χ3v) is 7.23. The summed E-state index contributed by atoms with van der Waals surface area (Å²) in [5, 5.41) is 9.62. The molecule has 1 fully saturated rings. The van der Waals surface area contributed by atoms with E-state index in [1.165, 1.54) is 18.2 Å². The normalized spacial score (nSPS) is 19.3. The fraction of sp³-hybridized carbons (Fsp3) is 0.500. The third kappa shape index (κ3) is 4.50. The zero-order valence-corrected chi connectivity index (χ0v) is 15.8. The van der Waals surface area contributed by atoms with Gasteiger partial charge in [0.15, 0.2) is 0 Å². The van der Waals surface area contributed by atoms with Gasteiger partial charge in [-0.15, -0.1) is 4.91 Å². The van der Waals surface area contributed by atoms with Crippen LogP contribution in [0.4, 0.5) is 0 Å². The Hall–Kier alpha value is -1.20. The van der Waals surface area contributed by atoms with Crippen molar-refractivity contribution >= 4 is 39.5 Å². The maximum Gasteiger partial charge on any atom is 0.323 e. The number of hydrogen-bond donors (Lipinski definition) is 2. The van der Waals surface area contributed by atoms with Crippen molar-refractivity contribution in [1.29, 1.82) is 0 Å². The lowest BCUT2D eigenvalue weighted by molar-refractivity contribution is -0.140. The Morgan fingerprint density at radius 1 is 1.40 bits per heavy atom. The van der Waals surface area contributed by atoms with E-state index >= 15 is 0 Å². The first-order valence-corrected chi connectivity index (χ1v) is 10.0. The summed E-state index contributed by atoms with van der Waals surface area (Å²) < 4.78 is 29.1. The first-order chi connectivity index (χ1) is 11.7. The van der Waals surface area contributed by atoms with Crippen LogP contribution < -0.4 is 4.72 Å². The number of carbonyl (C=O) groups is 1. The van der Waals surface area contributed by atoms with Crippen molar-refractivity contribution < 1.29 is 18.3 Å². The molecule has 1 aliphatic rings. The van der Waals surface area contributed by atoms with Crippen LogP contribution in [0.25, 0.3) is 0 Å². The zero-order chi connectivity index (χ0) is 18.7. The van der Waals surface area contributed by atoms with Gasteiger partial charge in [0.05, 0.1) is 9.77 Å². The molecule has 0 radical (unpaired) electrons. The molecule has 1 atom stereocenters. The highest BCUT2D eigenvalue weighted by atomic mass is 35.5. The lowest BCUT2D eigenvalue weighted by Crippen LogP contribution is -2.58. The SMILES string of the molecule is CN1CCC(SN=O)(C(NS(=O)(=O)c2ccccc2Cl)C(=O)O)CC1. The number of carboxylic acids is 1. The second-order valence-corrected chi connectivity index (χ2v) is 9.09. The number of nitrogens with zero attached hydrogens (tertiary/aromatic N) is 2. The Morgan fingerprint density at radius 2 is 2.00 bits per heavy atom. The van der Waals surface area contributed by atoms with Crippen LogP contribution >= 0.6 is 23.5 Å². The summed E-state index contributed by atoms with van der Waals surface area (Å²) in [4.78, 5) is 24.5. The summed E-state index contributed by atoms with van der Waals surface area (Å²) in [7, 11) is -2.32. The van der Waals surface area contributed by atoms with E-state index in [4.69, 9.17) is 11.6 Å². The largest absolute Gasteiger partial charge is 0.480 e. The van der Waals surface area contributed by atoms with Gasteiger partial charge < -0.3 is 10.0 Å². The van der Waals surface area contributed by atoms with Crippen LogP contribution in [0.5, 0.6) is 0 Å². The number of carboxylic acid groups (broad SMARTS) is 1. The molecule has 1 heterocycles. The Kier molecular flexibility index (Phi) is 6.44. The third-order valence-electron chi connectivity index (χ3n) is 4.22. The van der Waals surface area contributed by atoms with Gasteiger partial charge in [-0.1, -0.05) is 23.7 Å². The van der Waals surface area contributed by atoms with E-state index in [2.05, 4.69) is 9.30 Å². The topological polar surface area (TPSA) is 116 Å². The summed E-state index contributed by atoms with van der Waals surface area (Å²) in [6.07, 6.45) is 0.615. The lowest BCUT2D eigenvalue weighted by atomic mass is 9.89. The molecule has 11 heteroatoms. The molecule has 2 rings (SSSR count). The van der Waals surface area contributed by atoms with Crippen molar-refractivity contribution in [3.8, 4) is 0 Å². The van der Waals surface area contributed by atoms with Crippen LogP contribution in [0.15, 0.2) is 33.7 Å². The minimum atomic E-state index is -4.19. The van der Waals surface area contributed by atoms with E-state index in [1.807, 2.05) is 11.9 Å². The fourth-order valence-corrected chi connectivity index (χ4v) is 5.41. The number of likely N-dealkylation sites (tertiary alicyclic amines) is 1. The molecule has 0 spiro atoms. The van der Waals surface area contributed by atoms with Crippen molar-refractivity contribution in [3.05, 3.63) is 34.2 Å². The Bertz CT molecular complexity index is 751. The van der Waals surface area contributed by atoms with Crippen LogP contribution in [0.3, 0.4) is 0 Å². The molecule has 1 unspecified atom stereocenters. The van der Waals surface area contributed by atoms with Gasteiger partial charge >= 0.3 is 5.97 Å². The average molecular weight is 408 g/mol. The Morgan fingerprint density at radius 3 is 2.52 bits per heavy atom. The molecular weight excluding hydrogens is 390 g/mol. The number of benzene rings is 1. The predicted octanol–water partition coefficient (Wildman–Crippen LogP) is 1.95. The minimum absolute atomic E-state index is 0.0160. The first kappa shape index (κ1) is 20.1. The van der Waals surface area contributed by atoms with Gasteiger partial charge in [0, 0.05) is 16.5 Å². The molecule has 0 aliphatic carbocycles. The van der Waals surface area contributed by atoms with E-state index in [0.717, 1.165) is 0 Å². The number of aliphatic carboxylic acids is 1. The number of sulfonamides is 1. The molecular formula is C14H18ClN3O5S2. The van der Waals surface area contributed by atoms with Crippen LogP contribution in [-0.4, -0.2) is 55.3 Å². The highest BCUT2D eigenvalue weighted by molar-refractivity contribution is 7.99. The second-order valence-electron chi connectivity index (χ2n) is 5.86. The van der Waals surface area contributed by atoms with Crippen LogP contribution in [0, 0.1) is 4.91 Å². The van der Waals surface area contributed by atoms with Gasteiger partial charge in [0.1, 0.15) is 10.9 Å². The van der Waals surface area contributed by atoms with Crippen LogP contribution in [-0.2, 0) is 14.8 Å². The first-order valence-electron chi connectivity index (χ1n) is 7.41. The Labute approximate surface area is 155 Å². The van der Waals surface area contributed by atoms with E-state index in [0.29, 0.717) is 37.9 Å². The van der Waals surface area contributed by atoms with Gasteiger partial charge in [0.2, 0.25) is 10.0 Å². The van der Waals surface area contributed by atoms with Crippen molar-refractivity contribution in [2.75, 3.05) is 20.1 Å². The maximum absolute atomic E-state index is 12.6. The van der Waals surface area contributed by atoms with Gasteiger partial charge in [-0.05, 0) is 45.1 Å². The molecule has 25 heavy (non-hydrogen) atoms. The van der Waals surface area contributed by atoms with Crippen molar-refractivity contribution in [2.45, 2.75) is 28.5 Å². The summed E-state index contributed by atoms with van der Waals surface area (Å²) in [6, 6.07) is 4.24. The summed E-state index contributed by atoms with van der Waals surface area (Å²) >= 11 is 6.51. The van der Waals surface area contributed by atoms with Crippen LogP contribution in [0.1, 0.15) is 12.8 Å². The smallest absolute Gasteiger partial charge is 0.323 e. The molecule has 2 N–H and O–H groups in total. The lowest BCUT2D eigenvalue weighted by Gasteiger charge is -2.41. The molecule has 0 aromatic heterocycles. The average Bonchev–Trinajstić information content (AvgIpc) is 2.55. The van der Waals surface area contributed by atoms with Gasteiger partial charge in [-0.3, -0.25) is 4.79 Å². The van der Waals surface area contributed by atoms with Gasteiger partial charge in [0.25, 0.3) is 0 Å². The zero-order valence-electron chi connectivity index (χ0n) is 13.4. The van der Waals surface area contributed by atoms with E-state index in [-0.39, 0.29) is 9.92 Å². The predicted molar refractivity (Wildman–Crippen MR) is 96.0 cm³/mol. The van der Waals surface area contributed by atoms with Crippen molar-refractivity contribution in [1.82, 2.24) is 9.62 Å². The van der Waals surface area contributed by atoms with E-state index in [1.54, 1.807) is 6.07 Å². The number of halogens is 1. The minimum Gasteiger partial charge on any atom is -0.480 e.